The predicted molar refractivity (Wildman–Crippen MR) is 145 cm³/mol. The van der Waals surface area contributed by atoms with Gasteiger partial charge in [0.15, 0.2) is 5.78 Å². The zero-order chi connectivity index (χ0) is 26.1. The van der Waals surface area contributed by atoms with Crippen LogP contribution in [0.1, 0.15) is 70.6 Å². The maximum Gasteiger partial charge on any atom is 0.162 e. The summed E-state index contributed by atoms with van der Waals surface area (Å²) in [5.41, 5.74) is 3.34. The minimum Gasteiger partial charge on any atom is -0.300 e. The average Bonchev–Trinajstić information content (AvgIpc) is 2.86. The molecule has 2 unspecified atom stereocenters. The molecular formula is C31H36N2O3. The van der Waals surface area contributed by atoms with Crippen molar-refractivity contribution in [2.45, 2.75) is 65.7 Å². The van der Waals surface area contributed by atoms with Crippen molar-refractivity contribution in [2.75, 3.05) is 0 Å². The van der Waals surface area contributed by atoms with Gasteiger partial charge in [0.05, 0.1) is 11.2 Å². The first-order chi connectivity index (χ1) is 17.3. The Bertz CT molecular complexity index is 1240. The van der Waals surface area contributed by atoms with E-state index in [1.165, 1.54) is 11.6 Å². The molecular weight excluding hydrogens is 448 g/mol. The molecule has 36 heavy (non-hydrogen) atoms. The van der Waals surface area contributed by atoms with E-state index in [4.69, 9.17) is 0 Å². The fraction of sp³-hybridized carbons (Fsp3) is 0.387. The van der Waals surface area contributed by atoms with Gasteiger partial charge in [-0.05, 0) is 55.9 Å². The first-order valence-corrected chi connectivity index (χ1v) is 12.8. The summed E-state index contributed by atoms with van der Waals surface area (Å²) in [4.78, 5) is 45.6. The van der Waals surface area contributed by atoms with Crippen LogP contribution in [0.4, 0.5) is 0 Å². The van der Waals surface area contributed by atoms with Crippen LogP contribution in [0.25, 0.3) is 17.0 Å². The van der Waals surface area contributed by atoms with E-state index >= 15 is 0 Å². The molecule has 2 atom stereocenters. The van der Waals surface area contributed by atoms with Gasteiger partial charge in [0.2, 0.25) is 0 Å². The van der Waals surface area contributed by atoms with Crippen LogP contribution in [0, 0.1) is 11.3 Å². The van der Waals surface area contributed by atoms with Gasteiger partial charge in [-0.2, -0.15) is 0 Å². The van der Waals surface area contributed by atoms with Crippen LogP contribution in [-0.4, -0.2) is 27.3 Å². The van der Waals surface area contributed by atoms with Gasteiger partial charge in [-0.3, -0.25) is 14.4 Å². The zero-order valence-corrected chi connectivity index (χ0v) is 21.6. The molecule has 1 aromatic heterocycles. The molecule has 1 heterocycles. The highest BCUT2D eigenvalue weighted by atomic mass is 16.1. The highest BCUT2D eigenvalue weighted by Gasteiger charge is 2.31. The number of benzene rings is 1. The van der Waals surface area contributed by atoms with Crippen molar-refractivity contribution in [2.24, 2.45) is 11.3 Å². The van der Waals surface area contributed by atoms with Crippen LogP contribution in [-0.2, 0) is 20.8 Å². The van der Waals surface area contributed by atoms with Crippen molar-refractivity contribution < 1.29 is 14.4 Å². The Hall–Kier alpha value is -3.47. The molecule has 1 aliphatic rings. The second kappa shape index (κ2) is 12.5. The van der Waals surface area contributed by atoms with E-state index in [1.54, 1.807) is 19.3 Å². The number of aromatic nitrogens is 2. The number of nitrogens with zero attached hydrogens (tertiary/aromatic N) is 2. The van der Waals surface area contributed by atoms with E-state index in [2.05, 4.69) is 42.5 Å². The smallest absolute Gasteiger partial charge is 0.162 e. The van der Waals surface area contributed by atoms with Gasteiger partial charge in [0.1, 0.15) is 17.9 Å². The number of para-hydroxylation sites is 1. The standard InChI is InChI=1S/C31H36N2O3/c1-5-24-10-7-12-27-28(32-21-33-30(24)27)13-9-19-31(6-2,20-23(4)34)22(3)15-16-25-17-18-26(35)11-8-14-29(25)36/h7-10,12-16,21,25H,3,5-6,11,17-20H2,1-2,4H3/b13-9+,14-8+,16-15+. The Labute approximate surface area is 214 Å². The number of ketones is 3. The van der Waals surface area contributed by atoms with Crippen LogP contribution in [0.2, 0.25) is 0 Å². The third-order valence-corrected chi connectivity index (χ3v) is 7.15. The summed E-state index contributed by atoms with van der Waals surface area (Å²) in [6.07, 6.45) is 16.4. The van der Waals surface area contributed by atoms with E-state index in [1.807, 2.05) is 30.4 Å². The summed E-state index contributed by atoms with van der Waals surface area (Å²) in [7, 11) is 0. The fourth-order valence-electron chi connectivity index (χ4n) is 4.86. The van der Waals surface area contributed by atoms with Crippen molar-refractivity contribution in [3.8, 4) is 0 Å². The summed E-state index contributed by atoms with van der Waals surface area (Å²) in [6.45, 7) is 10.1. The third-order valence-electron chi connectivity index (χ3n) is 7.15. The number of allylic oxidation sites excluding steroid dienone is 6. The van der Waals surface area contributed by atoms with E-state index in [0.717, 1.165) is 35.0 Å². The summed E-state index contributed by atoms with van der Waals surface area (Å²) < 4.78 is 0. The molecule has 1 aliphatic carbocycles. The van der Waals surface area contributed by atoms with E-state index in [-0.39, 0.29) is 23.3 Å². The number of hydrogen-bond acceptors (Lipinski definition) is 5. The summed E-state index contributed by atoms with van der Waals surface area (Å²) in [6, 6.07) is 6.14. The molecule has 0 spiro atoms. The number of fused-ring (bicyclic) bond motifs is 1. The molecule has 1 aromatic carbocycles. The van der Waals surface area contributed by atoms with Gasteiger partial charge in [-0.25, -0.2) is 9.97 Å². The van der Waals surface area contributed by atoms with Crippen molar-refractivity contribution in [1.29, 1.82) is 0 Å². The van der Waals surface area contributed by atoms with Gasteiger partial charge >= 0.3 is 0 Å². The Morgan fingerprint density at radius 2 is 2.03 bits per heavy atom. The van der Waals surface area contributed by atoms with Gasteiger partial charge in [0.25, 0.3) is 0 Å². The molecule has 0 N–H and O–H groups in total. The first kappa shape index (κ1) is 27.1. The second-order valence-corrected chi connectivity index (χ2v) is 9.62. The molecule has 5 nitrogen and oxygen atoms in total. The normalized spacial score (nSPS) is 19.4. The summed E-state index contributed by atoms with van der Waals surface area (Å²) >= 11 is 0. The molecule has 0 amide bonds. The third kappa shape index (κ3) is 6.60. The highest BCUT2D eigenvalue weighted by Crippen LogP contribution is 2.40. The van der Waals surface area contributed by atoms with Gasteiger partial charge < -0.3 is 0 Å². The molecule has 0 saturated carbocycles. The van der Waals surface area contributed by atoms with Gasteiger partial charge in [-0.15, -0.1) is 0 Å². The monoisotopic (exact) mass is 484 g/mol. The number of carbonyl (C=O) groups excluding carboxylic acids is 3. The topological polar surface area (TPSA) is 77.0 Å². The second-order valence-electron chi connectivity index (χ2n) is 9.62. The van der Waals surface area contributed by atoms with Crippen molar-refractivity contribution >= 4 is 34.3 Å². The largest absolute Gasteiger partial charge is 0.300 e. The van der Waals surface area contributed by atoms with Crippen molar-refractivity contribution in [3.63, 3.8) is 0 Å². The van der Waals surface area contributed by atoms with Crippen molar-refractivity contribution in [3.05, 3.63) is 78.3 Å². The highest BCUT2D eigenvalue weighted by molar-refractivity contribution is 5.95. The van der Waals surface area contributed by atoms with E-state index in [0.29, 0.717) is 32.1 Å². The maximum absolute atomic E-state index is 12.5. The number of aryl methyl sites for hydroxylation is 1. The lowest BCUT2D eigenvalue weighted by atomic mass is 9.71. The number of carbonyl (C=O) groups is 3. The lowest BCUT2D eigenvalue weighted by Gasteiger charge is -2.32. The molecule has 0 bridgehead atoms. The van der Waals surface area contributed by atoms with Crippen LogP contribution < -0.4 is 0 Å². The van der Waals surface area contributed by atoms with Crippen LogP contribution in [0.3, 0.4) is 0 Å². The summed E-state index contributed by atoms with van der Waals surface area (Å²) in [5.74, 6) is -0.119. The lowest BCUT2D eigenvalue weighted by Crippen LogP contribution is -2.24. The van der Waals surface area contributed by atoms with Crippen molar-refractivity contribution in [1.82, 2.24) is 9.97 Å². The number of hydrogen-bond donors (Lipinski definition) is 0. The number of rotatable bonds is 10. The quantitative estimate of drug-likeness (QED) is 0.356. The van der Waals surface area contributed by atoms with E-state index in [9.17, 15) is 14.4 Å². The molecule has 2 aromatic rings. The Kier molecular flexibility index (Phi) is 9.40. The lowest BCUT2D eigenvalue weighted by molar-refractivity contribution is -0.120. The molecule has 188 valence electrons. The Morgan fingerprint density at radius 3 is 2.75 bits per heavy atom. The van der Waals surface area contributed by atoms with E-state index < -0.39 is 5.41 Å². The Morgan fingerprint density at radius 1 is 1.22 bits per heavy atom. The molecule has 0 radical (unpaired) electrons. The summed E-state index contributed by atoms with van der Waals surface area (Å²) in [5, 5.41) is 1.01. The van der Waals surface area contributed by atoms with Crippen LogP contribution >= 0.6 is 0 Å². The average molecular weight is 485 g/mol. The van der Waals surface area contributed by atoms with Crippen LogP contribution in [0.5, 0.6) is 0 Å². The molecule has 5 heteroatoms. The number of Topliss-reactive ketones (excluding diaryl/α,β-unsaturated/α-hetero) is 2. The zero-order valence-electron chi connectivity index (χ0n) is 21.6. The van der Waals surface area contributed by atoms with Gasteiger partial charge in [-0.1, -0.05) is 62.9 Å². The Balaban J connectivity index is 1.85. The SMILES string of the molecule is C=C(/C=C/C1CCC(=O)C/C=C/C1=O)C(CC)(C/C=C/c1ncnc2c(CC)cccc12)CC(C)=O. The van der Waals surface area contributed by atoms with Gasteiger partial charge in [0, 0.05) is 36.0 Å². The first-order valence-electron chi connectivity index (χ1n) is 12.8. The molecule has 3 rings (SSSR count). The maximum atomic E-state index is 12.5. The minimum absolute atomic E-state index is 0.00204. The predicted octanol–water partition coefficient (Wildman–Crippen LogP) is 6.58. The minimum atomic E-state index is -0.466. The molecule has 0 saturated heterocycles. The molecule has 0 aliphatic heterocycles. The fourth-order valence-corrected chi connectivity index (χ4v) is 4.86. The van der Waals surface area contributed by atoms with Crippen LogP contribution in [0.15, 0.2) is 67.1 Å². The molecule has 0 fully saturated rings.